The third-order valence-electron chi connectivity index (χ3n) is 3.79. The Balaban J connectivity index is 0.00000312. The Kier molecular flexibility index (Phi) is 9.48. The van der Waals surface area contributed by atoms with Crippen LogP contribution in [0.5, 0.6) is 0 Å². The fourth-order valence-electron chi connectivity index (χ4n) is 2.23. The average Bonchev–Trinajstić information content (AvgIpc) is 3.07. The van der Waals surface area contributed by atoms with Crippen LogP contribution >= 0.6 is 24.0 Å². The van der Waals surface area contributed by atoms with Crippen molar-refractivity contribution in [2.75, 3.05) is 7.05 Å². The third kappa shape index (κ3) is 6.64. The smallest absolute Gasteiger partial charge is 0.257 e. The summed E-state index contributed by atoms with van der Waals surface area (Å²) in [5.41, 5.74) is 2.07. The summed E-state index contributed by atoms with van der Waals surface area (Å²) in [5, 5.41) is 10.7. The first-order chi connectivity index (χ1) is 11.7. The van der Waals surface area contributed by atoms with Crippen molar-refractivity contribution in [2.24, 2.45) is 4.99 Å². The van der Waals surface area contributed by atoms with Gasteiger partial charge in [0, 0.05) is 31.6 Å². The fourth-order valence-corrected chi connectivity index (χ4v) is 2.23. The van der Waals surface area contributed by atoms with Crippen LogP contribution in [0.4, 0.5) is 0 Å². The minimum atomic E-state index is 0. The van der Waals surface area contributed by atoms with E-state index in [1.807, 2.05) is 12.1 Å². The van der Waals surface area contributed by atoms with Gasteiger partial charge in [-0.25, -0.2) is 0 Å². The van der Waals surface area contributed by atoms with Crippen LogP contribution in [0, 0.1) is 0 Å². The maximum atomic E-state index is 5.35. The number of halogens is 1. The molecule has 2 rings (SSSR count). The van der Waals surface area contributed by atoms with Crippen LogP contribution in [0.15, 0.2) is 33.8 Å². The molecule has 7 heteroatoms. The molecular formula is C18H28IN5O. The van der Waals surface area contributed by atoms with E-state index in [4.69, 9.17) is 4.52 Å². The average molecular weight is 457 g/mol. The third-order valence-corrected chi connectivity index (χ3v) is 3.79. The predicted octanol–water partition coefficient (Wildman–Crippen LogP) is 3.77. The number of aryl methyl sites for hydroxylation is 1. The second kappa shape index (κ2) is 11.1. The minimum absolute atomic E-state index is 0. The molecular weight excluding hydrogens is 429 g/mol. The van der Waals surface area contributed by atoms with Crippen molar-refractivity contribution >= 4 is 29.9 Å². The van der Waals surface area contributed by atoms with E-state index in [-0.39, 0.29) is 24.0 Å². The molecule has 1 unspecified atom stereocenters. The van der Waals surface area contributed by atoms with Gasteiger partial charge in [-0.05, 0) is 37.5 Å². The number of nitrogens with zero attached hydrogens (tertiary/aromatic N) is 3. The lowest BCUT2D eigenvalue weighted by Crippen LogP contribution is -2.41. The number of benzene rings is 1. The van der Waals surface area contributed by atoms with Crippen LogP contribution < -0.4 is 10.6 Å². The summed E-state index contributed by atoms with van der Waals surface area (Å²) in [7, 11) is 1.78. The van der Waals surface area contributed by atoms with Crippen molar-refractivity contribution in [3.63, 3.8) is 0 Å². The van der Waals surface area contributed by atoms with E-state index >= 15 is 0 Å². The van der Waals surface area contributed by atoms with Crippen molar-refractivity contribution in [2.45, 2.75) is 52.6 Å². The number of aromatic nitrogens is 2. The lowest BCUT2D eigenvalue weighted by molar-refractivity contribution is 0.422. The Morgan fingerprint density at radius 1 is 1.32 bits per heavy atom. The predicted molar refractivity (Wildman–Crippen MR) is 112 cm³/mol. The Labute approximate surface area is 166 Å². The molecule has 2 aromatic rings. The molecule has 0 saturated heterocycles. The highest BCUT2D eigenvalue weighted by atomic mass is 127. The van der Waals surface area contributed by atoms with Crippen molar-refractivity contribution < 1.29 is 4.52 Å². The number of hydrogen-bond acceptors (Lipinski definition) is 4. The lowest BCUT2D eigenvalue weighted by atomic mass is 10.1. The summed E-state index contributed by atoms with van der Waals surface area (Å²) in [6, 6.07) is 8.50. The summed E-state index contributed by atoms with van der Waals surface area (Å²) >= 11 is 0. The molecule has 1 heterocycles. The van der Waals surface area contributed by atoms with Crippen LogP contribution in [-0.2, 0) is 13.0 Å². The number of aliphatic imine (C=N–C) groups is 1. The van der Waals surface area contributed by atoms with Crippen LogP contribution in [0.3, 0.4) is 0 Å². The van der Waals surface area contributed by atoms with Crippen molar-refractivity contribution in [3.05, 3.63) is 35.7 Å². The van der Waals surface area contributed by atoms with E-state index < -0.39 is 0 Å². The maximum absolute atomic E-state index is 5.35. The summed E-state index contributed by atoms with van der Waals surface area (Å²) < 4.78 is 5.35. The van der Waals surface area contributed by atoms with E-state index in [9.17, 15) is 0 Å². The second-order valence-electron chi connectivity index (χ2n) is 5.85. The summed E-state index contributed by atoms with van der Waals surface area (Å²) in [4.78, 5) is 8.69. The summed E-state index contributed by atoms with van der Waals surface area (Å²) in [6.07, 6.45) is 2.89. The lowest BCUT2D eigenvalue weighted by Gasteiger charge is -2.16. The van der Waals surface area contributed by atoms with E-state index in [0.29, 0.717) is 18.5 Å². The van der Waals surface area contributed by atoms with Gasteiger partial charge in [0.2, 0.25) is 0 Å². The Hall–Kier alpha value is -1.64. The van der Waals surface area contributed by atoms with Gasteiger partial charge < -0.3 is 15.2 Å². The highest BCUT2D eigenvalue weighted by molar-refractivity contribution is 14.0. The van der Waals surface area contributed by atoms with Crippen molar-refractivity contribution in [1.29, 1.82) is 0 Å². The fraction of sp³-hybridized carbons (Fsp3) is 0.500. The first-order valence-corrected chi connectivity index (χ1v) is 8.55. The molecule has 0 bridgehead atoms. The van der Waals surface area contributed by atoms with Gasteiger partial charge in [0.05, 0.1) is 0 Å². The largest absolute Gasteiger partial charge is 0.354 e. The zero-order chi connectivity index (χ0) is 17.4. The van der Waals surface area contributed by atoms with Gasteiger partial charge in [-0.1, -0.05) is 31.1 Å². The quantitative estimate of drug-likeness (QED) is 0.376. The zero-order valence-electron chi connectivity index (χ0n) is 15.4. The Bertz CT molecular complexity index is 671. The van der Waals surface area contributed by atoms with Gasteiger partial charge in [-0.3, -0.25) is 4.99 Å². The number of rotatable bonds is 7. The van der Waals surface area contributed by atoms with E-state index in [0.717, 1.165) is 42.2 Å². The molecule has 1 aromatic heterocycles. The zero-order valence-corrected chi connectivity index (χ0v) is 17.7. The molecule has 2 N–H and O–H groups in total. The van der Waals surface area contributed by atoms with Gasteiger partial charge >= 0.3 is 0 Å². The van der Waals surface area contributed by atoms with E-state index in [1.54, 1.807) is 7.05 Å². The highest BCUT2D eigenvalue weighted by Gasteiger charge is 2.09. The molecule has 0 radical (unpaired) electrons. The van der Waals surface area contributed by atoms with Gasteiger partial charge in [0.1, 0.15) is 0 Å². The molecule has 0 aliphatic carbocycles. The first kappa shape index (κ1) is 21.4. The van der Waals surface area contributed by atoms with Crippen LogP contribution in [0.1, 0.15) is 45.0 Å². The first-order valence-electron chi connectivity index (χ1n) is 8.55. The maximum Gasteiger partial charge on any atom is 0.257 e. The van der Waals surface area contributed by atoms with Crippen LogP contribution in [-0.4, -0.2) is 29.2 Å². The Morgan fingerprint density at radius 2 is 2.12 bits per heavy atom. The van der Waals surface area contributed by atoms with Crippen LogP contribution in [0.25, 0.3) is 11.5 Å². The number of nitrogens with one attached hydrogen (secondary N) is 2. The van der Waals surface area contributed by atoms with Gasteiger partial charge in [0.15, 0.2) is 11.8 Å². The molecule has 0 fully saturated rings. The normalized spacial score (nSPS) is 12.4. The van der Waals surface area contributed by atoms with Crippen molar-refractivity contribution in [1.82, 2.24) is 20.8 Å². The molecule has 0 spiro atoms. The summed E-state index contributed by atoms with van der Waals surface area (Å²) in [5.74, 6) is 2.13. The highest BCUT2D eigenvalue weighted by Crippen LogP contribution is 2.18. The molecule has 25 heavy (non-hydrogen) atoms. The number of hydrogen-bond donors (Lipinski definition) is 2. The van der Waals surface area contributed by atoms with E-state index in [2.05, 4.69) is 58.7 Å². The minimum Gasteiger partial charge on any atom is -0.354 e. The molecule has 0 amide bonds. The molecule has 138 valence electrons. The molecule has 0 aliphatic rings. The molecule has 6 nitrogen and oxygen atoms in total. The summed E-state index contributed by atoms with van der Waals surface area (Å²) in [6.45, 7) is 7.06. The van der Waals surface area contributed by atoms with E-state index in [1.165, 1.54) is 0 Å². The van der Waals surface area contributed by atoms with Gasteiger partial charge in [-0.15, -0.1) is 24.0 Å². The molecule has 0 aliphatic heterocycles. The number of guanidine groups is 1. The monoisotopic (exact) mass is 457 g/mol. The standard InChI is InChI=1S/C18H27N5O.HI/c1-5-8-16-22-17(24-23-16)15-10-7-9-14(11-15)12-20-18(19-4)21-13(3)6-2;/h7,9-11,13H,5-6,8,12H2,1-4H3,(H2,19,20,21);1H. The SMILES string of the molecule is CCCc1noc(-c2cccc(CNC(=NC)NC(C)CC)c2)n1.I. The van der Waals surface area contributed by atoms with Gasteiger partial charge in [-0.2, -0.15) is 4.98 Å². The molecule has 1 aromatic carbocycles. The van der Waals surface area contributed by atoms with Crippen molar-refractivity contribution in [3.8, 4) is 11.5 Å². The molecule has 1 atom stereocenters. The second-order valence-corrected chi connectivity index (χ2v) is 5.85. The van der Waals surface area contributed by atoms with Gasteiger partial charge in [0.25, 0.3) is 5.89 Å². The molecule has 0 saturated carbocycles. The topological polar surface area (TPSA) is 75.3 Å². The Morgan fingerprint density at radius 3 is 2.80 bits per heavy atom. The van der Waals surface area contributed by atoms with Crippen LogP contribution in [0.2, 0.25) is 0 Å².